The molecule has 0 radical (unpaired) electrons. The van der Waals surface area contributed by atoms with Crippen LogP contribution in [-0.2, 0) is 11.2 Å². The molecule has 0 saturated carbocycles. The predicted molar refractivity (Wildman–Crippen MR) is 54.9 cm³/mol. The smallest absolute Gasteiger partial charge is 0.307 e. The Bertz CT molecular complexity index is 312. The van der Waals surface area contributed by atoms with Gasteiger partial charge in [0.1, 0.15) is 0 Å². The maximum absolute atomic E-state index is 10.4. The zero-order valence-corrected chi connectivity index (χ0v) is 8.41. The molecule has 0 atom stereocenters. The van der Waals surface area contributed by atoms with Crippen LogP contribution in [0.1, 0.15) is 5.56 Å². The lowest BCUT2D eigenvalue weighted by atomic mass is 10.1. The highest BCUT2D eigenvalue weighted by Crippen LogP contribution is 2.16. The minimum atomic E-state index is -0.835. The first-order valence-electron chi connectivity index (χ1n) is 3.35. The molecule has 0 amide bonds. The fourth-order valence-corrected chi connectivity index (χ4v) is 1.42. The Hall–Kier alpha value is -0.780. The minimum Gasteiger partial charge on any atom is -0.481 e. The highest BCUT2D eigenvalue weighted by atomic mass is 127. The largest absolute Gasteiger partial charge is 0.481 e. The van der Waals surface area contributed by atoms with Crippen molar-refractivity contribution < 1.29 is 9.90 Å². The van der Waals surface area contributed by atoms with E-state index in [0.717, 1.165) is 9.13 Å². The number of hydrogen-bond donors (Lipinski definition) is 2. The lowest BCUT2D eigenvalue weighted by Crippen LogP contribution is -2.02. The summed E-state index contributed by atoms with van der Waals surface area (Å²) in [4.78, 5) is 10.4. The first kappa shape index (κ1) is 9.31. The molecular weight excluding hydrogens is 269 g/mol. The summed E-state index contributed by atoms with van der Waals surface area (Å²) in [6, 6.07) is 5.26. The van der Waals surface area contributed by atoms with Crippen molar-refractivity contribution in [2.45, 2.75) is 6.42 Å². The molecular formula is C8H8INO2. The van der Waals surface area contributed by atoms with Crippen LogP contribution in [0, 0.1) is 3.57 Å². The highest BCUT2D eigenvalue weighted by molar-refractivity contribution is 14.1. The molecule has 3 N–H and O–H groups in total. The average molecular weight is 277 g/mol. The van der Waals surface area contributed by atoms with Crippen LogP contribution in [0.5, 0.6) is 0 Å². The van der Waals surface area contributed by atoms with Gasteiger partial charge in [-0.2, -0.15) is 0 Å². The number of aliphatic carboxylic acids is 1. The number of anilines is 1. The SMILES string of the molecule is Nc1ccc(I)c(CC(=O)O)c1. The molecule has 0 fully saturated rings. The van der Waals surface area contributed by atoms with Gasteiger partial charge in [-0.05, 0) is 46.4 Å². The van der Waals surface area contributed by atoms with Crippen LogP contribution in [0.2, 0.25) is 0 Å². The third-order valence-electron chi connectivity index (χ3n) is 1.41. The highest BCUT2D eigenvalue weighted by Gasteiger charge is 2.04. The van der Waals surface area contributed by atoms with E-state index in [4.69, 9.17) is 10.8 Å². The maximum Gasteiger partial charge on any atom is 0.307 e. The second-order valence-corrected chi connectivity index (χ2v) is 3.58. The Morgan fingerprint density at radius 3 is 2.83 bits per heavy atom. The lowest BCUT2D eigenvalue weighted by molar-refractivity contribution is -0.136. The third-order valence-corrected chi connectivity index (χ3v) is 2.46. The molecule has 12 heavy (non-hydrogen) atoms. The molecule has 0 aliphatic rings. The van der Waals surface area contributed by atoms with E-state index >= 15 is 0 Å². The Balaban J connectivity index is 2.97. The van der Waals surface area contributed by atoms with Crippen LogP contribution < -0.4 is 5.73 Å². The Kier molecular flexibility index (Phi) is 2.91. The van der Waals surface area contributed by atoms with Crippen LogP contribution >= 0.6 is 22.6 Å². The van der Waals surface area contributed by atoms with Gasteiger partial charge in [-0.1, -0.05) is 0 Å². The van der Waals surface area contributed by atoms with Gasteiger partial charge in [0.2, 0.25) is 0 Å². The number of carboxylic acids is 1. The average Bonchev–Trinajstić information content (AvgIpc) is 1.96. The van der Waals surface area contributed by atoms with Crippen LogP contribution in [0.3, 0.4) is 0 Å². The number of benzene rings is 1. The molecule has 1 rings (SSSR count). The van der Waals surface area contributed by atoms with Crippen molar-refractivity contribution in [3.8, 4) is 0 Å². The summed E-state index contributed by atoms with van der Waals surface area (Å²) < 4.78 is 0.934. The first-order valence-corrected chi connectivity index (χ1v) is 4.43. The van der Waals surface area contributed by atoms with E-state index in [2.05, 4.69) is 22.6 Å². The molecule has 0 saturated heterocycles. The Morgan fingerprint density at radius 2 is 2.25 bits per heavy atom. The van der Waals surface area contributed by atoms with Crippen LogP contribution in [-0.4, -0.2) is 11.1 Å². The molecule has 3 nitrogen and oxygen atoms in total. The number of hydrogen-bond acceptors (Lipinski definition) is 2. The Labute approximate surface area is 83.7 Å². The van der Waals surface area contributed by atoms with Crippen LogP contribution in [0.4, 0.5) is 5.69 Å². The summed E-state index contributed by atoms with van der Waals surface area (Å²) >= 11 is 2.09. The molecule has 0 aliphatic carbocycles. The van der Waals surface area contributed by atoms with E-state index < -0.39 is 5.97 Å². The van der Waals surface area contributed by atoms with Gasteiger partial charge in [0.05, 0.1) is 6.42 Å². The van der Waals surface area contributed by atoms with Gasteiger partial charge in [-0.3, -0.25) is 4.79 Å². The van der Waals surface area contributed by atoms with E-state index in [1.54, 1.807) is 12.1 Å². The second kappa shape index (κ2) is 3.75. The third kappa shape index (κ3) is 2.37. The van der Waals surface area contributed by atoms with Crippen molar-refractivity contribution in [2.24, 2.45) is 0 Å². The van der Waals surface area contributed by atoms with Crippen molar-refractivity contribution in [2.75, 3.05) is 5.73 Å². The van der Waals surface area contributed by atoms with E-state index in [1.165, 1.54) is 0 Å². The Morgan fingerprint density at radius 1 is 1.58 bits per heavy atom. The number of nitrogens with two attached hydrogens (primary N) is 1. The summed E-state index contributed by atoms with van der Waals surface area (Å²) in [5.74, 6) is -0.835. The molecule has 1 aromatic carbocycles. The monoisotopic (exact) mass is 277 g/mol. The molecule has 1 aromatic rings. The normalized spacial score (nSPS) is 9.75. The topological polar surface area (TPSA) is 63.3 Å². The molecule has 0 bridgehead atoms. The van der Waals surface area contributed by atoms with Gasteiger partial charge < -0.3 is 10.8 Å². The summed E-state index contributed by atoms with van der Waals surface area (Å²) in [5.41, 5.74) is 6.88. The summed E-state index contributed by atoms with van der Waals surface area (Å²) in [6.07, 6.45) is 0.0311. The second-order valence-electron chi connectivity index (χ2n) is 2.42. The molecule has 4 heteroatoms. The molecule has 0 aliphatic heterocycles. The van der Waals surface area contributed by atoms with Gasteiger partial charge in [-0.25, -0.2) is 0 Å². The van der Waals surface area contributed by atoms with Gasteiger partial charge in [0, 0.05) is 9.26 Å². The van der Waals surface area contributed by atoms with Crippen LogP contribution in [0.25, 0.3) is 0 Å². The number of nitrogen functional groups attached to an aromatic ring is 1. The standard InChI is InChI=1S/C8H8INO2/c9-7-2-1-6(10)3-5(7)4-8(11)12/h1-3H,4,10H2,(H,11,12). The van der Waals surface area contributed by atoms with Crippen LogP contribution in [0.15, 0.2) is 18.2 Å². The van der Waals surface area contributed by atoms with Crippen molar-refractivity contribution in [3.05, 3.63) is 27.3 Å². The van der Waals surface area contributed by atoms with Gasteiger partial charge in [0.25, 0.3) is 0 Å². The summed E-state index contributed by atoms with van der Waals surface area (Å²) in [6.45, 7) is 0. The van der Waals surface area contributed by atoms with E-state index in [1.807, 2.05) is 6.07 Å². The van der Waals surface area contributed by atoms with Crippen molar-refractivity contribution >= 4 is 34.2 Å². The van der Waals surface area contributed by atoms with Gasteiger partial charge in [0.15, 0.2) is 0 Å². The first-order chi connectivity index (χ1) is 5.59. The number of carboxylic acid groups (broad SMARTS) is 1. The van der Waals surface area contributed by atoms with Gasteiger partial charge in [-0.15, -0.1) is 0 Å². The fraction of sp³-hybridized carbons (Fsp3) is 0.125. The quantitative estimate of drug-likeness (QED) is 0.636. The van der Waals surface area contributed by atoms with E-state index in [9.17, 15) is 4.79 Å². The zero-order valence-electron chi connectivity index (χ0n) is 6.25. The minimum absolute atomic E-state index is 0.0311. The number of rotatable bonds is 2. The molecule has 0 heterocycles. The lowest BCUT2D eigenvalue weighted by Gasteiger charge is -2.01. The summed E-state index contributed by atoms with van der Waals surface area (Å²) in [5, 5.41) is 8.54. The molecule has 0 aromatic heterocycles. The summed E-state index contributed by atoms with van der Waals surface area (Å²) in [7, 11) is 0. The predicted octanol–water partition coefficient (Wildman–Crippen LogP) is 1.50. The van der Waals surface area contributed by atoms with Crippen molar-refractivity contribution in [1.29, 1.82) is 0 Å². The fourth-order valence-electron chi connectivity index (χ4n) is 0.893. The molecule has 0 unspecified atom stereocenters. The molecule has 64 valence electrons. The maximum atomic E-state index is 10.4. The van der Waals surface area contributed by atoms with Crippen molar-refractivity contribution in [1.82, 2.24) is 0 Å². The number of halogens is 1. The van der Waals surface area contributed by atoms with Gasteiger partial charge >= 0.3 is 5.97 Å². The van der Waals surface area contributed by atoms with E-state index in [-0.39, 0.29) is 6.42 Å². The molecule has 0 spiro atoms. The van der Waals surface area contributed by atoms with Crippen molar-refractivity contribution in [3.63, 3.8) is 0 Å². The zero-order chi connectivity index (χ0) is 9.14. The van der Waals surface area contributed by atoms with E-state index in [0.29, 0.717) is 5.69 Å². The number of carbonyl (C=O) groups is 1.